The Labute approximate surface area is 88.7 Å². The molecule has 0 aliphatic heterocycles. The zero-order valence-corrected chi connectivity index (χ0v) is 8.99. The van der Waals surface area contributed by atoms with Crippen LogP contribution in [0, 0.1) is 0 Å². The van der Waals surface area contributed by atoms with Gasteiger partial charge in [0.2, 0.25) is 0 Å². The van der Waals surface area contributed by atoms with Crippen molar-refractivity contribution in [1.29, 1.82) is 0 Å². The molecular formula is C13H14N2. The van der Waals surface area contributed by atoms with Crippen LogP contribution in [0.15, 0.2) is 30.6 Å². The number of aromatic amines is 1. The van der Waals surface area contributed by atoms with E-state index in [2.05, 4.69) is 29.0 Å². The van der Waals surface area contributed by atoms with E-state index in [0.29, 0.717) is 0 Å². The van der Waals surface area contributed by atoms with Gasteiger partial charge in [-0.25, -0.2) is 0 Å². The van der Waals surface area contributed by atoms with Gasteiger partial charge in [-0.2, -0.15) is 0 Å². The van der Waals surface area contributed by atoms with Crippen LogP contribution in [0.25, 0.3) is 23.1 Å². The molecule has 0 bridgehead atoms. The van der Waals surface area contributed by atoms with Gasteiger partial charge in [0.15, 0.2) is 0 Å². The molecule has 0 fully saturated rings. The summed E-state index contributed by atoms with van der Waals surface area (Å²) < 4.78 is 0. The van der Waals surface area contributed by atoms with E-state index in [-0.39, 0.29) is 0 Å². The highest BCUT2D eigenvalue weighted by atomic mass is 14.7. The molecule has 76 valence electrons. The highest BCUT2D eigenvalue weighted by Crippen LogP contribution is 2.00. The summed E-state index contributed by atoms with van der Waals surface area (Å²) in [4.78, 5) is 7.45. The Morgan fingerprint density at radius 3 is 2.93 bits per heavy atom. The van der Waals surface area contributed by atoms with Crippen molar-refractivity contribution in [2.45, 2.75) is 13.8 Å². The lowest BCUT2D eigenvalue weighted by atomic mass is 10.2. The summed E-state index contributed by atoms with van der Waals surface area (Å²) in [5.41, 5.74) is 1.08. The smallest absolute Gasteiger partial charge is 0.0651 e. The van der Waals surface area contributed by atoms with Gasteiger partial charge in [0.05, 0.1) is 11.7 Å². The number of allylic oxidation sites excluding steroid dienone is 2. The largest absolute Gasteiger partial charge is 0.353 e. The number of H-pyrrole nitrogens is 1. The minimum absolute atomic E-state index is 1.08. The normalized spacial score (nSPS) is 14.5. The topological polar surface area (TPSA) is 28.7 Å². The van der Waals surface area contributed by atoms with E-state index in [0.717, 1.165) is 10.9 Å². The molecule has 1 N–H and O–H groups in total. The molecular weight excluding hydrogens is 184 g/mol. The van der Waals surface area contributed by atoms with E-state index in [1.165, 1.54) is 10.6 Å². The first-order chi connectivity index (χ1) is 7.36. The van der Waals surface area contributed by atoms with Crippen LogP contribution in [0.5, 0.6) is 0 Å². The SMILES string of the molecule is C\C=C/C=c1/[nH]c2cnccc2/c1=C/C. The molecule has 0 spiro atoms. The molecule has 2 aromatic heterocycles. The number of hydrogen-bond donors (Lipinski definition) is 1. The molecule has 2 rings (SSSR count). The fourth-order valence-corrected chi connectivity index (χ4v) is 1.72. The summed E-state index contributed by atoms with van der Waals surface area (Å²) in [5, 5.41) is 3.60. The predicted molar refractivity (Wildman–Crippen MR) is 64.8 cm³/mol. The third-order valence-electron chi connectivity index (χ3n) is 2.41. The molecule has 0 aromatic carbocycles. The molecule has 0 saturated carbocycles. The van der Waals surface area contributed by atoms with Gasteiger partial charge in [-0.1, -0.05) is 18.2 Å². The first-order valence-corrected chi connectivity index (χ1v) is 5.08. The Morgan fingerprint density at radius 2 is 2.20 bits per heavy atom. The van der Waals surface area contributed by atoms with Gasteiger partial charge in [0.25, 0.3) is 0 Å². The quantitative estimate of drug-likeness (QED) is 0.742. The van der Waals surface area contributed by atoms with Crippen molar-refractivity contribution in [2.24, 2.45) is 0 Å². The first-order valence-electron chi connectivity index (χ1n) is 5.08. The third-order valence-corrected chi connectivity index (χ3v) is 2.41. The summed E-state index contributed by atoms with van der Waals surface area (Å²) in [6.45, 7) is 4.06. The Bertz CT molecular complexity index is 603. The minimum atomic E-state index is 1.08. The van der Waals surface area contributed by atoms with Gasteiger partial charge < -0.3 is 4.98 Å². The molecule has 0 amide bonds. The summed E-state index contributed by atoms with van der Waals surface area (Å²) >= 11 is 0. The predicted octanol–water partition coefficient (Wildman–Crippen LogP) is 1.72. The number of rotatable bonds is 1. The van der Waals surface area contributed by atoms with Crippen LogP contribution in [-0.4, -0.2) is 9.97 Å². The number of nitrogens with one attached hydrogen (secondary N) is 1. The number of aromatic nitrogens is 2. The molecule has 0 aliphatic carbocycles. The molecule has 2 nitrogen and oxygen atoms in total. The standard InChI is InChI=1S/C13H14N2/c1-3-5-6-12-10(4-2)11-7-8-14-9-13(11)15-12/h3-9,15H,1-2H3/b5-3-,10-4-,12-6+. The second-order valence-corrected chi connectivity index (χ2v) is 3.35. The van der Waals surface area contributed by atoms with Crippen molar-refractivity contribution in [2.75, 3.05) is 0 Å². The van der Waals surface area contributed by atoms with Crippen LogP contribution in [0.3, 0.4) is 0 Å². The molecule has 0 atom stereocenters. The lowest BCUT2D eigenvalue weighted by Gasteiger charge is -1.84. The number of pyridine rings is 1. The lowest BCUT2D eigenvalue weighted by molar-refractivity contribution is 1.31. The number of nitrogens with zero attached hydrogens (tertiary/aromatic N) is 1. The van der Waals surface area contributed by atoms with Crippen LogP contribution in [0.4, 0.5) is 0 Å². The zero-order chi connectivity index (χ0) is 10.7. The van der Waals surface area contributed by atoms with Gasteiger partial charge in [-0.05, 0) is 26.0 Å². The highest BCUT2D eigenvalue weighted by molar-refractivity contribution is 5.80. The number of hydrogen-bond acceptors (Lipinski definition) is 1. The van der Waals surface area contributed by atoms with E-state index < -0.39 is 0 Å². The lowest BCUT2D eigenvalue weighted by Crippen LogP contribution is -2.21. The average molecular weight is 198 g/mol. The first kappa shape index (κ1) is 9.71. The van der Waals surface area contributed by atoms with Gasteiger partial charge in [-0.3, -0.25) is 4.98 Å². The van der Waals surface area contributed by atoms with Crippen LogP contribution in [0.1, 0.15) is 13.8 Å². The second kappa shape index (κ2) is 4.13. The van der Waals surface area contributed by atoms with E-state index in [1.807, 2.05) is 37.5 Å². The molecule has 0 unspecified atom stereocenters. The van der Waals surface area contributed by atoms with Crippen molar-refractivity contribution in [1.82, 2.24) is 9.97 Å². The summed E-state index contributed by atoms with van der Waals surface area (Å²) in [7, 11) is 0. The van der Waals surface area contributed by atoms with E-state index in [4.69, 9.17) is 0 Å². The average Bonchev–Trinajstić information content (AvgIpc) is 2.63. The summed E-state index contributed by atoms with van der Waals surface area (Å²) in [6.07, 6.45) is 11.9. The Balaban J connectivity index is 2.88. The second-order valence-electron chi connectivity index (χ2n) is 3.35. The molecule has 2 heterocycles. The maximum Gasteiger partial charge on any atom is 0.0651 e. The van der Waals surface area contributed by atoms with E-state index in [9.17, 15) is 0 Å². The monoisotopic (exact) mass is 198 g/mol. The Morgan fingerprint density at radius 1 is 1.33 bits per heavy atom. The Hall–Kier alpha value is -1.83. The van der Waals surface area contributed by atoms with E-state index >= 15 is 0 Å². The van der Waals surface area contributed by atoms with Crippen molar-refractivity contribution >= 4 is 23.1 Å². The molecule has 0 radical (unpaired) electrons. The molecule has 2 aromatic rings. The Kier molecular flexibility index (Phi) is 2.68. The fourth-order valence-electron chi connectivity index (χ4n) is 1.72. The van der Waals surface area contributed by atoms with Gasteiger partial charge in [0.1, 0.15) is 0 Å². The fraction of sp³-hybridized carbons (Fsp3) is 0.154. The zero-order valence-electron chi connectivity index (χ0n) is 8.99. The summed E-state index contributed by atoms with van der Waals surface area (Å²) in [5.74, 6) is 0. The van der Waals surface area contributed by atoms with Crippen LogP contribution < -0.4 is 10.6 Å². The molecule has 0 aliphatic rings. The maximum absolute atomic E-state index is 4.10. The summed E-state index contributed by atoms with van der Waals surface area (Å²) in [6, 6.07) is 2.04. The van der Waals surface area contributed by atoms with Gasteiger partial charge in [0, 0.05) is 22.2 Å². The van der Waals surface area contributed by atoms with Gasteiger partial charge in [-0.15, -0.1) is 0 Å². The molecule has 0 saturated heterocycles. The van der Waals surface area contributed by atoms with Crippen molar-refractivity contribution in [3.8, 4) is 0 Å². The third kappa shape index (κ3) is 1.71. The molecule has 2 heteroatoms. The highest BCUT2D eigenvalue weighted by Gasteiger charge is 1.97. The van der Waals surface area contributed by atoms with Crippen molar-refractivity contribution in [3.63, 3.8) is 0 Å². The minimum Gasteiger partial charge on any atom is -0.353 e. The van der Waals surface area contributed by atoms with Crippen LogP contribution >= 0.6 is 0 Å². The van der Waals surface area contributed by atoms with Crippen LogP contribution in [-0.2, 0) is 0 Å². The van der Waals surface area contributed by atoms with Gasteiger partial charge >= 0.3 is 0 Å². The molecule has 15 heavy (non-hydrogen) atoms. The van der Waals surface area contributed by atoms with Crippen molar-refractivity contribution in [3.05, 3.63) is 41.2 Å². The van der Waals surface area contributed by atoms with E-state index in [1.54, 1.807) is 0 Å². The van der Waals surface area contributed by atoms with Crippen molar-refractivity contribution < 1.29 is 0 Å². The number of fused-ring (bicyclic) bond motifs is 1. The maximum atomic E-state index is 4.10. The van der Waals surface area contributed by atoms with Crippen LogP contribution in [0.2, 0.25) is 0 Å².